The van der Waals surface area contributed by atoms with Gasteiger partial charge in [-0.1, -0.05) is 82.1 Å². The molecule has 31 heavy (non-hydrogen) atoms. The molecular weight excluding hydrogens is 461 g/mol. The fraction of sp³-hybridized carbons (Fsp3) is 0.500. The summed E-state index contributed by atoms with van der Waals surface area (Å²) < 4.78 is 0. The SMILES string of the molecule is Cc1cc(C=Nc2ccccc2)c(O)c(C2CCCCCCCCCCC2)c1.[Cl][Ti][Cl]. The molecule has 3 rings (SSSR count). The normalized spacial score (nSPS) is 16.6. The third-order valence-corrected chi connectivity index (χ3v) is 5.97. The van der Waals surface area contributed by atoms with Gasteiger partial charge in [-0.05, 0) is 55.0 Å². The van der Waals surface area contributed by atoms with Gasteiger partial charge in [-0.3, -0.25) is 4.99 Å². The predicted octanol–water partition coefficient (Wildman–Crippen LogP) is 9.22. The molecular formula is C26H35Cl2NOTi. The van der Waals surface area contributed by atoms with Crippen LogP contribution in [0.5, 0.6) is 5.75 Å². The Morgan fingerprint density at radius 1 is 0.871 bits per heavy atom. The van der Waals surface area contributed by atoms with Gasteiger partial charge < -0.3 is 5.11 Å². The van der Waals surface area contributed by atoms with Crippen LogP contribution in [0, 0.1) is 6.92 Å². The number of aliphatic imine (C=N–C) groups is 1. The number of para-hydroxylation sites is 1. The minimum absolute atomic E-state index is 0.433. The molecule has 0 spiro atoms. The van der Waals surface area contributed by atoms with E-state index in [4.69, 9.17) is 18.6 Å². The van der Waals surface area contributed by atoms with Crippen molar-refractivity contribution >= 4 is 30.5 Å². The van der Waals surface area contributed by atoms with Crippen molar-refractivity contribution in [2.45, 2.75) is 83.5 Å². The van der Waals surface area contributed by atoms with E-state index in [1.54, 1.807) is 0 Å². The Bertz CT molecular complexity index is 770. The summed E-state index contributed by atoms with van der Waals surface area (Å²) in [5, 5.41) is 11.0. The van der Waals surface area contributed by atoms with Crippen LogP contribution in [0.1, 0.15) is 93.2 Å². The van der Waals surface area contributed by atoms with Crippen LogP contribution in [0.15, 0.2) is 47.5 Å². The monoisotopic (exact) mass is 495 g/mol. The van der Waals surface area contributed by atoms with Crippen LogP contribution in [0.3, 0.4) is 0 Å². The van der Waals surface area contributed by atoms with E-state index in [0.29, 0.717) is 11.7 Å². The Morgan fingerprint density at radius 2 is 1.39 bits per heavy atom. The molecule has 0 aliphatic heterocycles. The summed E-state index contributed by atoms with van der Waals surface area (Å²) in [4.78, 5) is 4.56. The molecule has 0 heterocycles. The number of hydrogen-bond donors (Lipinski definition) is 1. The molecule has 5 heteroatoms. The minimum atomic E-state index is -0.556. The van der Waals surface area contributed by atoms with Gasteiger partial charge in [0.05, 0.1) is 5.69 Å². The molecule has 1 N–H and O–H groups in total. The van der Waals surface area contributed by atoms with E-state index < -0.39 is 17.0 Å². The van der Waals surface area contributed by atoms with Gasteiger partial charge in [-0.25, -0.2) is 0 Å². The third kappa shape index (κ3) is 10.1. The van der Waals surface area contributed by atoms with Gasteiger partial charge in [-0.2, -0.15) is 0 Å². The van der Waals surface area contributed by atoms with Crippen LogP contribution >= 0.6 is 18.6 Å². The molecule has 0 bridgehead atoms. The van der Waals surface area contributed by atoms with Crippen molar-refractivity contribution in [2.24, 2.45) is 4.99 Å². The Hall–Kier alpha value is -0.796. The zero-order chi connectivity index (χ0) is 22.3. The van der Waals surface area contributed by atoms with Crippen LogP contribution in [0.4, 0.5) is 5.69 Å². The van der Waals surface area contributed by atoms with Crippen LogP contribution in [-0.4, -0.2) is 11.3 Å². The van der Waals surface area contributed by atoms with E-state index in [1.165, 1.54) is 76.2 Å². The van der Waals surface area contributed by atoms with Gasteiger partial charge in [0.1, 0.15) is 5.75 Å². The number of hydrogen-bond acceptors (Lipinski definition) is 2. The van der Waals surface area contributed by atoms with E-state index in [9.17, 15) is 5.11 Å². The fourth-order valence-corrected chi connectivity index (χ4v) is 4.38. The number of benzene rings is 2. The molecule has 2 aromatic carbocycles. The van der Waals surface area contributed by atoms with Crippen LogP contribution < -0.4 is 0 Å². The average molecular weight is 496 g/mol. The molecule has 1 aliphatic carbocycles. The Kier molecular flexibility index (Phi) is 13.6. The first-order chi connectivity index (χ1) is 15.2. The zero-order valence-electron chi connectivity index (χ0n) is 18.6. The molecule has 0 atom stereocenters. The van der Waals surface area contributed by atoms with Crippen molar-refractivity contribution in [1.82, 2.24) is 0 Å². The van der Waals surface area contributed by atoms with Crippen molar-refractivity contribution in [2.75, 3.05) is 0 Å². The Labute approximate surface area is 205 Å². The second kappa shape index (κ2) is 15.9. The molecule has 0 aromatic heterocycles. The van der Waals surface area contributed by atoms with Gasteiger partial charge in [0.15, 0.2) is 0 Å². The number of phenols is 1. The summed E-state index contributed by atoms with van der Waals surface area (Å²) in [6.07, 6.45) is 16.3. The number of rotatable bonds is 3. The topological polar surface area (TPSA) is 32.6 Å². The number of nitrogens with zero attached hydrogens (tertiary/aromatic N) is 1. The van der Waals surface area contributed by atoms with Gasteiger partial charge in [0.2, 0.25) is 0 Å². The maximum atomic E-state index is 11.0. The molecule has 0 saturated heterocycles. The molecule has 1 aliphatic rings. The van der Waals surface area contributed by atoms with Crippen LogP contribution in [-0.2, 0) is 17.0 Å². The first-order valence-electron chi connectivity index (χ1n) is 11.5. The molecule has 168 valence electrons. The summed E-state index contributed by atoms with van der Waals surface area (Å²) in [6.45, 7) is 2.12. The second-order valence-electron chi connectivity index (χ2n) is 8.41. The van der Waals surface area contributed by atoms with Gasteiger partial charge in [-0.15, -0.1) is 0 Å². The molecule has 0 unspecified atom stereocenters. The van der Waals surface area contributed by atoms with E-state index in [1.807, 2.05) is 42.6 Å². The summed E-state index contributed by atoms with van der Waals surface area (Å²) in [6, 6.07) is 14.2. The summed E-state index contributed by atoms with van der Waals surface area (Å²) >= 11 is -0.556. The van der Waals surface area contributed by atoms with Crippen molar-refractivity contribution in [1.29, 1.82) is 0 Å². The maximum absolute atomic E-state index is 11.0. The first-order valence-corrected chi connectivity index (χ1v) is 15.8. The number of aromatic hydroxyl groups is 1. The fourth-order valence-electron chi connectivity index (χ4n) is 4.38. The Balaban J connectivity index is 0.00000107. The van der Waals surface area contributed by atoms with Crippen LogP contribution in [0.2, 0.25) is 0 Å². The molecule has 0 radical (unpaired) electrons. The number of halogens is 2. The second-order valence-corrected chi connectivity index (χ2v) is 11.0. The zero-order valence-corrected chi connectivity index (χ0v) is 21.7. The summed E-state index contributed by atoms with van der Waals surface area (Å²) in [5.41, 5.74) is 4.08. The average Bonchev–Trinajstić information content (AvgIpc) is 2.76. The van der Waals surface area contributed by atoms with Gasteiger partial charge in [0, 0.05) is 11.8 Å². The number of phenolic OH excluding ortho intramolecular Hbond substituents is 1. The summed E-state index contributed by atoms with van der Waals surface area (Å²) in [5.74, 6) is 0.894. The standard InChI is InChI=1S/C26H35NO.2ClH.Ti/c1-21-18-23(20-27-24-16-12-9-13-17-24)26(28)25(19-21)22-14-10-7-5-3-2-4-6-8-11-15-22;;;/h9,12-13,16-20,22,28H,2-8,10-11,14-15H2,1H3;2*1H;/q;;;+2/p-2. The van der Waals surface area contributed by atoms with E-state index in [0.717, 1.165) is 16.8 Å². The predicted molar refractivity (Wildman–Crippen MR) is 132 cm³/mol. The van der Waals surface area contributed by atoms with Gasteiger partial charge in [0.25, 0.3) is 0 Å². The van der Waals surface area contributed by atoms with Crippen molar-refractivity contribution in [3.63, 3.8) is 0 Å². The molecule has 1 fully saturated rings. The van der Waals surface area contributed by atoms with E-state index in [2.05, 4.69) is 18.0 Å². The molecule has 0 amide bonds. The van der Waals surface area contributed by atoms with Crippen molar-refractivity contribution < 1.29 is 22.1 Å². The molecule has 1 saturated carbocycles. The van der Waals surface area contributed by atoms with Crippen LogP contribution in [0.25, 0.3) is 0 Å². The van der Waals surface area contributed by atoms with Crippen molar-refractivity contribution in [3.8, 4) is 5.75 Å². The number of aryl methyl sites for hydroxylation is 1. The third-order valence-electron chi connectivity index (χ3n) is 5.97. The van der Waals surface area contributed by atoms with Crippen molar-refractivity contribution in [3.05, 3.63) is 59.2 Å². The summed E-state index contributed by atoms with van der Waals surface area (Å²) in [7, 11) is 9.78. The first kappa shape index (κ1) is 26.5. The Morgan fingerprint density at radius 3 is 1.94 bits per heavy atom. The molecule has 2 nitrogen and oxygen atoms in total. The van der Waals surface area contributed by atoms with Gasteiger partial charge >= 0.3 is 35.6 Å². The van der Waals surface area contributed by atoms with E-state index >= 15 is 0 Å². The van der Waals surface area contributed by atoms with E-state index in [-0.39, 0.29) is 0 Å². The molecule has 2 aromatic rings. The quantitative estimate of drug-likeness (QED) is 0.334.